The van der Waals surface area contributed by atoms with Crippen LogP contribution in [-0.4, -0.2) is 19.1 Å². The van der Waals surface area contributed by atoms with Crippen molar-refractivity contribution in [3.8, 4) is 11.5 Å². The van der Waals surface area contributed by atoms with Crippen molar-refractivity contribution in [2.75, 3.05) is 7.11 Å². The van der Waals surface area contributed by atoms with E-state index in [0.29, 0.717) is 29.5 Å². The van der Waals surface area contributed by atoms with Crippen molar-refractivity contribution in [2.45, 2.75) is 26.0 Å². The fourth-order valence-electron chi connectivity index (χ4n) is 2.10. The number of hydrogen-bond acceptors (Lipinski definition) is 3. The molecule has 1 unspecified atom stereocenters. The van der Waals surface area contributed by atoms with Crippen molar-refractivity contribution in [1.29, 1.82) is 0 Å². The Bertz CT molecular complexity index is 643. The lowest BCUT2D eigenvalue weighted by Crippen LogP contribution is -2.37. The summed E-state index contributed by atoms with van der Waals surface area (Å²) >= 11 is 5.85. The monoisotopic (exact) mass is 333 g/mol. The van der Waals surface area contributed by atoms with Gasteiger partial charge in [0.2, 0.25) is 0 Å². The molecule has 4 nitrogen and oxygen atoms in total. The van der Waals surface area contributed by atoms with Gasteiger partial charge in [-0.15, -0.1) is 0 Å². The van der Waals surface area contributed by atoms with Crippen LogP contribution in [0.15, 0.2) is 48.5 Å². The zero-order valence-corrected chi connectivity index (χ0v) is 14.0. The van der Waals surface area contributed by atoms with E-state index < -0.39 is 6.10 Å². The Morgan fingerprint density at radius 2 is 1.78 bits per heavy atom. The molecule has 0 saturated carbocycles. The maximum atomic E-state index is 12.3. The highest BCUT2D eigenvalue weighted by Crippen LogP contribution is 2.27. The van der Waals surface area contributed by atoms with Gasteiger partial charge in [0.25, 0.3) is 5.91 Å². The molecule has 1 atom stereocenters. The smallest absolute Gasteiger partial charge is 0.261 e. The van der Waals surface area contributed by atoms with E-state index >= 15 is 0 Å². The fraction of sp³-hybridized carbons (Fsp3) is 0.278. The number of methoxy groups -OCH3 is 1. The van der Waals surface area contributed by atoms with Crippen LogP contribution in [0.4, 0.5) is 0 Å². The Hall–Kier alpha value is -2.20. The minimum Gasteiger partial charge on any atom is -0.493 e. The molecule has 0 saturated heterocycles. The molecule has 122 valence electrons. The van der Waals surface area contributed by atoms with E-state index in [1.165, 1.54) is 0 Å². The molecule has 2 rings (SSSR count). The molecule has 0 aliphatic heterocycles. The number of benzene rings is 2. The van der Waals surface area contributed by atoms with Gasteiger partial charge in [0, 0.05) is 11.6 Å². The Kier molecular flexibility index (Phi) is 6.29. The highest BCUT2D eigenvalue weighted by atomic mass is 35.5. The van der Waals surface area contributed by atoms with Gasteiger partial charge in [-0.1, -0.05) is 42.8 Å². The molecular formula is C18H20ClNO3. The number of rotatable bonds is 7. The molecule has 0 radical (unpaired) electrons. The molecule has 5 heteroatoms. The van der Waals surface area contributed by atoms with Gasteiger partial charge in [0.05, 0.1) is 7.11 Å². The summed E-state index contributed by atoms with van der Waals surface area (Å²) in [4.78, 5) is 12.3. The van der Waals surface area contributed by atoms with Crippen molar-refractivity contribution < 1.29 is 14.3 Å². The summed E-state index contributed by atoms with van der Waals surface area (Å²) in [6.45, 7) is 2.34. The van der Waals surface area contributed by atoms with Crippen molar-refractivity contribution in [1.82, 2.24) is 5.32 Å². The van der Waals surface area contributed by atoms with Crippen LogP contribution in [0, 0.1) is 0 Å². The molecule has 23 heavy (non-hydrogen) atoms. The third-order valence-electron chi connectivity index (χ3n) is 3.38. The minimum absolute atomic E-state index is 0.159. The molecule has 0 aromatic heterocycles. The first-order valence-electron chi connectivity index (χ1n) is 7.46. The van der Waals surface area contributed by atoms with Crippen molar-refractivity contribution in [2.24, 2.45) is 0 Å². The SMILES string of the molecule is CCC(Oc1ccccc1OC)C(=O)NCc1ccc(Cl)cc1. The lowest BCUT2D eigenvalue weighted by Gasteiger charge is -2.18. The van der Waals surface area contributed by atoms with Crippen LogP contribution in [0.25, 0.3) is 0 Å². The van der Waals surface area contributed by atoms with E-state index in [1.54, 1.807) is 31.4 Å². The molecule has 2 aromatic carbocycles. The Labute approximate surface area is 141 Å². The van der Waals surface area contributed by atoms with Crippen LogP contribution in [0.1, 0.15) is 18.9 Å². The molecule has 2 aromatic rings. The lowest BCUT2D eigenvalue weighted by atomic mass is 10.2. The largest absolute Gasteiger partial charge is 0.493 e. The topological polar surface area (TPSA) is 47.6 Å². The maximum absolute atomic E-state index is 12.3. The number of amides is 1. The Morgan fingerprint density at radius 3 is 2.39 bits per heavy atom. The Balaban J connectivity index is 1.96. The summed E-state index contributed by atoms with van der Waals surface area (Å²) in [6.07, 6.45) is -0.0107. The average molecular weight is 334 g/mol. The van der Waals surface area contributed by atoms with Crippen LogP contribution in [0.3, 0.4) is 0 Å². The second kappa shape index (κ2) is 8.44. The van der Waals surface area contributed by atoms with Gasteiger partial charge >= 0.3 is 0 Å². The summed E-state index contributed by atoms with van der Waals surface area (Å²) in [5.41, 5.74) is 0.981. The van der Waals surface area contributed by atoms with Crippen molar-refractivity contribution in [3.05, 3.63) is 59.1 Å². The summed E-state index contributed by atoms with van der Waals surface area (Å²) in [5.74, 6) is 1.01. The average Bonchev–Trinajstić information content (AvgIpc) is 2.59. The third-order valence-corrected chi connectivity index (χ3v) is 3.63. The van der Waals surface area contributed by atoms with Gasteiger partial charge in [0.15, 0.2) is 17.6 Å². The summed E-state index contributed by atoms with van der Waals surface area (Å²) < 4.78 is 11.0. The van der Waals surface area contributed by atoms with E-state index in [1.807, 2.05) is 31.2 Å². The van der Waals surface area contributed by atoms with Gasteiger partial charge in [-0.05, 0) is 36.2 Å². The molecule has 0 aliphatic rings. The molecule has 0 bridgehead atoms. The molecular weight excluding hydrogens is 314 g/mol. The predicted molar refractivity (Wildman–Crippen MR) is 91.0 cm³/mol. The van der Waals surface area contributed by atoms with Gasteiger partial charge in [0.1, 0.15) is 0 Å². The van der Waals surface area contributed by atoms with Crippen LogP contribution in [0.5, 0.6) is 11.5 Å². The minimum atomic E-state index is -0.571. The fourth-order valence-corrected chi connectivity index (χ4v) is 2.22. The lowest BCUT2D eigenvalue weighted by molar-refractivity contribution is -0.128. The number of halogens is 1. The number of nitrogens with one attached hydrogen (secondary N) is 1. The molecule has 0 heterocycles. The number of carbonyl (C=O) groups is 1. The van der Waals surface area contributed by atoms with Crippen molar-refractivity contribution >= 4 is 17.5 Å². The van der Waals surface area contributed by atoms with E-state index in [4.69, 9.17) is 21.1 Å². The third kappa shape index (κ3) is 4.89. The number of ether oxygens (including phenoxy) is 2. The number of para-hydroxylation sites is 2. The van der Waals surface area contributed by atoms with Gasteiger partial charge < -0.3 is 14.8 Å². The van der Waals surface area contributed by atoms with E-state index in [2.05, 4.69) is 5.32 Å². The Morgan fingerprint density at radius 1 is 1.13 bits per heavy atom. The van der Waals surface area contributed by atoms with E-state index in [-0.39, 0.29) is 5.91 Å². The second-order valence-corrected chi connectivity index (χ2v) is 5.45. The van der Waals surface area contributed by atoms with Gasteiger partial charge in [-0.2, -0.15) is 0 Å². The zero-order chi connectivity index (χ0) is 16.7. The predicted octanol–water partition coefficient (Wildman–Crippen LogP) is 3.82. The molecule has 1 N–H and O–H groups in total. The summed E-state index contributed by atoms with van der Waals surface area (Å²) in [7, 11) is 1.57. The normalized spacial score (nSPS) is 11.6. The standard InChI is InChI=1S/C18H20ClNO3/c1-3-15(23-17-7-5-4-6-16(17)22-2)18(21)20-12-13-8-10-14(19)11-9-13/h4-11,15H,3,12H2,1-2H3,(H,20,21). The molecule has 1 amide bonds. The first kappa shape index (κ1) is 17.2. The van der Waals surface area contributed by atoms with Gasteiger partial charge in [-0.25, -0.2) is 0 Å². The van der Waals surface area contributed by atoms with Crippen LogP contribution in [0.2, 0.25) is 5.02 Å². The summed E-state index contributed by atoms with van der Waals surface area (Å²) in [6, 6.07) is 14.6. The highest BCUT2D eigenvalue weighted by Gasteiger charge is 2.19. The highest BCUT2D eigenvalue weighted by molar-refractivity contribution is 6.30. The molecule has 0 spiro atoms. The maximum Gasteiger partial charge on any atom is 0.261 e. The first-order chi connectivity index (χ1) is 11.1. The van der Waals surface area contributed by atoms with E-state index in [9.17, 15) is 4.79 Å². The summed E-state index contributed by atoms with van der Waals surface area (Å²) in [5, 5.41) is 3.55. The molecule has 0 fully saturated rings. The first-order valence-corrected chi connectivity index (χ1v) is 7.83. The van der Waals surface area contributed by atoms with Crippen LogP contribution < -0.4 is 14.8 Å². The molecule has 0 aliphatic carbocycles. The number of carbonyl (C=O) groups excluding carboxylic acids is 1. The second-order valence-electron chi connectivity index (χ2n) is 5.01. The van der Waals surface area contributed by atoms with Crippen LogP contribution >= 0.6 is 11.6 Å². The van der Waals surface area contributed by atoms with Crippen molar-refractivity contribution in [3.63, 3.8) is 0 Å². The van der Waals surface area contributed by atoms with Gasteiger partial charge in [-0.3, -0.25) is 4.79 Å². The quantitative estimate of drug-likeness (QED) is 0.837. The van der Waals surface area contributed by atoms with Crippen LogP contribution in [-0.2, 0) is 11.3 Å². The number of hydrogen-bond donors (Lipinski definition) is 1. The zero-order valence-electron chi connectivity index (χ0n) is 13.2. The van der Waals surface area contributed by atoms with E-state index in [0.717, 1.165) is 5.56 Å².